The Labute approximate surface area is 84.2 Å². The van der Waals surface area contributed by atoms with Crippen LogP contribution in [0.3, 0.4) is 0 Å². The first-order chi connectivity index (χ1) is 6.22. The molecule has 1 fully saturated rings. The highest BCUT2D eigenvalue weighted by molar-refractivity contribution is 7.10. The molecule has 1 saturated carbocycles. The van der Waals surface area contributed by atoms with Crippen molar-refractivity contribution in [2.24, 2.45) is 5.92 Å². The van der Waals surface area contributed by atoms with E-state index >= 15 is 0 Å². The van der Waals surface area contributed by atoms with Gasteiger partial charge < -0.3 is 5.32 Å². The first-order valence-corrected chi connectivity index (χ1v) is 5.82. The van der Waals surface area contributed by atoms with Crippen LogP contribution < -0.4 is 5.32 Å². The third-order valence-electron chi connectivity index (χ3n) is 3.33. The summed E-state index contributed by atoms with van der Waals surface area (Å²) in [5.74, 6) is 1.61. The maximum absolute atomic E-state index is 3.36. The molecule has 0 aliphatic heterocycles. The van der Waals surface area contributed by atoms with Gasteiger partial charge in [-0.3, -0.25) is 0 Å². The molecule has 0 saturated heterocycles. The van der Waals surface area contributed by atoms with E-state index in [1.54, 1.807) is 5.56 Å². The van der Waals surface area contributed by atoms with Crippen molar-refractivity contribution in [1.82, 2.24) is 5.32 Å². The van der Waals surface area contributed by atoms with Crippen molar-refractivity contribution >= 4 is 11.3 Å². The van der Waals surface area contributed by atoms with Crippen LogP contribution in [0.5, 0.6) is 0 Å². The molecule has 2 heteroatoms. The molecule has 3 unspecified atom stereocenters. The van der Waals surface area contributed by atoms with Gasteiger partial charge in [-0.05, 0) is 49.2 Å². The standard InChI is InChI=1S/C11H17NS/c1-7-4-9(6-13-7)10-5-11(12-3)8(10)2/h4,6,8,10-12H,5H2,1-3H3. The van der Waals surface area contributed by atoms with E-state index < -0.39 is 0 Å². The van der Waals surface area contributed by atoms with Crippen LogP contribution in [0.4, 0.5) is 0 Å². The van der Waals surface area contributed by atoms with Crippen molar-refractivity contribution in [3.8, 4) is 0 Å². The van der Waals surface area contributed by atoms with Gasteiger partial charge in [0.05, 0.1) is 0 Å². The predicted molar refractivity (Wildman–Crippen MR) is 58.4 cm³/mol. The molecule has 13 heavy (non-hydrogen) atoms. The fraction of sp³-hybridized carbons (Fsp3) is 0.636. The van der Waals surface area contributed by atoms with Gasteiger partial charge in [0.1, 0.15) is 0 Å². The van der Waals surface area contributed by atoms with Crippen molar-refractivity contribution < 1.29 is 0 Å². The smallest absolute Gasteiger partial charge is 0.0101 e. The number of thiophene rings is 1. The minimum atomic E-state index is 0.741. The summed E-state index contributed by atoms with van der Waals surface area (Å²) in [7, 11) is 2.07. The molecule has 0 bridgehead atoms. The van der Waals surface area contributed by atoms with E-state index in [-0.39, 0.29) is 0 Å². The molecule has 1 aliphatic carbocycles. The highest BCUT2D eigenvalue weighted by Gasteiger charge is 2.37. The van der Waals surface area contributed by atoms with Gasteiger partial charge in [-0.1, -0.05) is 6.92 Å². The van der Waals surface area contributed by atoms with Crippen molar-refractivity contribution in [3.63, 3.8) is 0 Å². The van der Waals surface area contributed by atoms with Gasteiger partial charge in [-0.15, -0.1) is 11.3 Å². The number of hydrogen-bond acceptors (Lipinski definition) is 2. The average Bonchev–Trinajstić information content (AvgIpc) is 2.50. The zero-order valence-electron chi connectivity index (χ0n) is 8.50. The second kappa shape index (κ2) is 3.43. The Morgan fingerprint density at radius 3 is 2.77 bits per heavy atom. The summed E-state index contributed by atoms with van der Waals surface area (Å²) in [4.78, 5) is 1.44. The zero-order chi connectivity index (χ0) is 9.42. The van der Waals surface area contributed by atoms with Gasteiger partial charge >= 0.3 is 0 Å². The summed E-state index contributed by atoms with van der Waals surface area (Å²) in [6, 6.07) is 3.09. The average molecular weight is 195 g/mol. The summed E-state index contributed by atoms with van der Waals surface area (Å²) in [5, 5.41) is 5.68. The van der Waals surface area contributed by atoms with E-state index in [1.165, 1.54) is 11.3 Å². The quantitative estimate of drug-likeness (QED) is 0.765. The molecule has 0 radical (unpaired) electrons. The summed E-state index contributed by atoms with van der Waals surface area (Å²) < 4.78 is 0. The molecule has 1 aromatic heterocycles. The molecule has 0 amide bonds. The van der Waals surface area contributed by atoms with Crippen molar-refractivity contribution in [1.29, 1.82) is 0 Å². The van der Waals surface area contributed by atoms with Gasteiger partial charge in [0.15, 0.2) is 0 Å². The normalized spacial score (nSPS) is 33.0. The lowest BCUT2D eigenvalue weighted by Crippen LogP contribution is -2.46. The van der Waals surface area contributed by atoms with Crippen LogP contribution in [0.15, 0.2) is 11.4 Å². The molecule has 1 N–H and O–H groups in total. The van der Waals surface area contributed by atoms with Crippen molar-refractivity contribution in [3.05, 3.63) is 21.9 Å². The molecule has 2 rings (SSSR count). The summed E-state index contributed by atoms with van der Waals surface area (Å²) >= 11 is 1.87. The first kappa shape index (κ1) is 9.22. The number of rotatable bonds is 2. The largest absolute Gasteiger partial charge is 0.317 e. The maximum atomic E-state index is 3.36. The van der Waals surface area contributed by atoms with E-state index in [1.807, 2.05) is 11.3 Å². The fourth-order valence-electron chi connectivity index (χ4n) is 2.27. The lowest BCUT2D eigenvalue weighted by molar-refractivity contribution is 0.194. The van der Waals surface area contributed by atoms with Gasteiger partial charge in [0.2, 0.25) is 0 Å². The predicted octanol–water partition coefficient (Wildman–Crippen LogP) is 2.77. The molecular weight excluding hydrogens is 178 g/mol. The van der Waals surface area contributed by atoms with E-state index in [0.717, 1.165) is 17.9 Å². The Balaban J connectivity index is 2.05. The van der Waals surface area contributed by atoms with E-state index in [0.29, 0.717) is 0 Å². The number of hydrogen-bond donors (Lipinski definition) is 1. The molecule has 0 aromatic carbocycles. The van der Waals surface area contributed by atoms with Crippen LogP contribution in [0.25, 0.3) is 0 Å². The topological polar surface area (TPSA) is 12.0 Å². The summed E-state index contributed by atoms with van der Waals surface area (Å²) in [5.41, 5.74) is 1.56. The maximum Gasteiger partial charge on any atom is 0.0101 e. The Morgan fingerprint density at radius 2 is 2.31 bits per heavy atom. The number of aryl methyl sites for hydroxylation is 1. The van der Waals surface area contributed by atoms with Crippen molar-refractivity contribution in [2.45, 2.75) is 32.2 Å². The van der Waals surface area contributed by atoms with Crippen LogP contribution >= 0.6 is 11.3 Å². The van der Waals surface area contributed by atoms with Crippen LogP contribution in [0.1, 0.15) is 29.7 Å². The van der Waals surface area contributed by atoms with E-state index in [4.69, 9.17) is 0 Å². The zero-order valence-corrected chi connectivity index (χ0v) is 9.32. The minimum absolute atomic E-state index is 0.741. The lowest BCUT2D eigenvalue weighted by atomic mass is 9.68. The monoisotopic (exact) mass is 195 g/mol. The third kappa shape index (κ3) is 1.53. The van der Waals surface area contributed by atoms with E-state index in [9.17, 15) is 0 Å². The molecule has 72 valence electrons. The number of nitrogens with one attached hydrogen (secondary N) is 1. The SMILES string of the molecule is CNC1CC(c2csc(C)c2)C1C. The van der Waals surface area contributed by atoms with Crippen LogP contribution in [-0.4, -0.2) is 13.1 Å². The van der Waals surface area contributed by atoms with Crippen molar-refractivity contribution in [2.75, 3.05) is 7.05 Å². The first-order valence-electron chi connectivity index (χ1n) is 4.94. The molecular formula is C11H17NS. The van der Waals surface area contributed by atoms with Gasteiger partial charge in [-0.25, -0.2) is 0 Å². The van der Waals surface area contributed by atoms with Crippen LogP contribution in [0.2, 0.25) is 0 Å². The highest BCUT2D eigenvalue weighted by Crippen LogP contribution is 2.43. The molecule has 1 nitrogen and oxygen atoms in total. The summed E-state index contributed by atoms with van der Waals surface area (Å²) in [6.07, 6.45) is 1.31. The fourth-order valence-corrected chi connectivity index (χ4v) is 3.03. The van der Waals surface area contributed by atoms with E-state index in [2.05, 4.69) is 37.7 Å². The Kier molecular flexibility index (Phi) is 2.43. The Bertz CT molecular complexity index is 292. The molecule has 0 spiro atoms. The summed E-state index contributed by atoms with van der Waals surface area (Å²) in [6.45, 7) is 4.54. The molecule has 1 heterocycles. The molecule has 1 aromatic rings. The second-order valence-corrected chi connectivity index (χ2v) is 5.20. The highest BCUT2D eigenvalue weighted by atomic mass is 32.1. The second-order valence-electron chi connectivity index (χ2n) is 4.09. The lowest BCUT2D eigenvalue weighted by Gasteiger charge is -2.42. The third-order valence-corrected chi connectivity index (χ3v) is 4.21. The van der Waals surface area contributed by atoms with Gasteiger partial charge in [-0.2, -0.15) is 0 Å². The minimum Gasteiger partial charge on any atom is -0.317 e. The van der Waals surface area contributed by atoms with Crippen LogP contribution in [-0.2, 0) is 0 Å². The molecule has 1 aliphatic rings. The van der Waals surface area contributed by atoms with Gasteiger partial charge in [0, 0.05) is 10.9 Å². The van der Waals surface area contributed by atoms with Gasteiger partial charge in [0.25, 0.3) is 0 Å². The Hall–Kier alpha value is -0.340. The molecule has 3 atom stereocenters. The van der Waals surface area contributed by atoms with Crippen LogP contribution in [0, 0.1) is 12.8 Å². The Morgan fingerprint density at radius 1 is 1.54 bits per heavy atom.